The Hall–Kier alpha value is -2.62. The third-order valence-corrected chi connectivity index (χ3v) is 2.84. The minimum absolute atomic E-state index is 0.107. The number of aryl methyl sites for hydroxylation is 1. The van der Waals surface area contributed by atoms with Gasteiger partial charge in [0.2, 0.25) is 0 Å². The lowest BCUT2D eigenvalue weighted by molar-refractivity contribution is 0.0696. The van der Waals surface area contributed by atoms with Crippen molar-refractivity contribution >= 4 is 11.7 Å². The Bertz CT molecular complexity index is 630. The van der Waals surface area contributed by atoms with Crippen molar-refractivity contribution in [3.63, 3.8) is 0 Å². The van der Waals surface area contributed by atoms with Crippen LogP contribution in [0.4, 0.5) is 0 Å². The molecular formula is C15H13NO3. The van der Waals surface area contributed by atoms with Gasteiger partial charge in [0.25, 0.3) is 0 Å². The van der Waals surface area contributed by atoms with E-state index in [9.17, 15) is 10.0 Å². The zero-order valence-electron chi connectivity index (χ0n) is 10.4. The summed E-state index contributed by atoms with van der Waals surface area (Å²) in [6.07, 6.45) is 0. The molecule has 0 aliphatic rings. The molecule has 0 unspecified atom stereocenters. The maximum atomic E-state index is 11.2. The first kappa shape index (κ1) is 12.8. The average molecular weight is 255 g/mol. The number of aromatic carboxylic acids is 1. The molecule has 0 fully saturated rings. The Balaban J connectivity index is 2.55. The number of rotatable bonds is 3. The fourth-order valence-electron chi connectivity index (χ4n) is 1.85. The Labute approximate surface area is 110 Å². The van der Waals surface area contributed by atoms with Crippen molar-refractivity contribution in [3.8, 4) is 0 Å². The molecule has 2 aromatic rings. The quantitative estimate of drug-likeness (QED) is 0.503. The van der Waals surface area contributed by atoms with Crippen LogP contribution in [0.25, 0.3) is 0 Å². The minimum Gasteiger partial charge on any atom is -0.478 e. The van der Waals surface area contributed by atoms with Gasteiger partial charge < -0.3 is 10.3 Å². The van der Waals surface area contributed by atoms with Gasteiger partial charge in [0.1, 0.15) is 5.71 Å². The predicted molar refractivity (Wildman–Crippen MR) is 72.0 cm³/mol. The molecule has 0 aliphatic carbocycles. The molecular weight excluding hydrogens is 242 g/mol. The summed E-state index contributed by atoms with van der Waals surface area (Å²) in [5.41, 5.74) is 2.49. The van der Waals surface area contributed by atoms with Crippen molar-refractivity contribution in [3.05, 3.63) is 70.8 Å². The van der Waals surface area contributed by atoms with Crippen LogP contribution in [0.1, 0.15) is 27.0 Å². The second-order valence-electron chi connectivity index (χ2n) is 4.17. The van der Waals surface area contributed by atoms with Gasteiger partial charge in [-0.3, -0.25) is 0 Å². The van der Waals surface area contributed by atoms with E-state index in [4.69, 9.17) is 5.11 Å². The molecule has 96 valence electrons. The highest BCUT2D eigenvalue weighted by Gasteiger charge is 2.16. The van der Waals surface area contributed by atoms with Crippen LogP contribution in [0.3, 0.4) is 0 Å². The lowest BCUT2D eigenvalue weighted by Crippen LogP contribution is -2.10. The number of carboxylic acids is 1. The first-order valence-electron chi connectivity index (χ1n) is 5.75. The number of carboxylic acid groups (broad SMARTS) is 1. The van der Waals surface area contributed by atoms with Crippen LogP contribution in [0, 0.1) is 6.92 Å². The third kappa shape index (κ3) is 2.63. The van der Waals surface area contributed by atoms with Crippen molar-refractivity contribution in [2.75, 3.05) is 0 Å². The number of hydrogen-bond acceptors (Lipinski definition) is 3. The van der Waals surface area contributed by atoms with Gasteiger partial charge in [-0.15, -0.1) is 0 Å². The Kier molecular flexibility index (Phi) is 3.61. The van der Waals surface area contributed by atoms with E-state index in [0.717, 1.165) is 5.56 Å². The molecule has 2 rings (SSSR count). The highest BCUT2D eigenvalue weighted by Crippen LogP contribution is 2.16. The fraction of sp³-hybridized carbons (Fsp3) is 0.0667. The maximum Gasteiger partial charge on any atom is 0.336 e. The van der Waals surface area contributed by atoms with E-state index in [-0.39, 0.29) is 11.3 Å². The normalized spacial score (nSPS) is 11.3. The lowest BCUT2D eigenvalue weighted by atomic mass is 9.97. The highest BCUT2D eigenvalue weighted by atomic mass is 16.4. The topological polar surface area (TPSA) is 69.9 Å². The predicted octanol–water partition coefficient (Wildman–Crippen LogP) is 2.92. The highest BCUT2D eigenvalue weighted by molar-refractivity contribution is 6.17. The van der Waals surface area contributed by atoms with Crippen molar-refractivity contribution in [2.24, 2.45) is 5.16 Å². The van der Waals surface area contributed by atoms with E-state index in [2.05, 4.69) is 5.16 Å². The third-order valence-electron chi connectivity index (χ3n) is 2.84. The summed E-state index contributed by atoms with van der Waals surface area (Å²) in [6.45, 7) is 1.95. The SMILES string of the molecule is Cc1ccc(/C(=N/O)c2ccccc2C(=O)O)cc1. The molecule has 2 aromatic carbocycles. The fourth-order valence-corrected chi connectivity index (χ4v) is 1.85. The Morgan fingerprint density at radius 3 is 2.11 bits per heavy atom. The summed E-state index contributed by atoms with van der Waals surface area (Å²) in [6, 6.07) is 13.8. The monoisotopic (exact) mass is 255 g/mol. The molecule has 0 bridgehead atoms. The molecule has 19 heavy (non-hydrogen) atoms. The second-order valence-corrected chi connectivity index (χ2v) is 4.17. The van der Waals surface area contributed by atoms with Crippen molar-refractivity contribution in [1.29, 1.82) is 0 Å². The van der Waals surface area contributed by atoms with Gasteiger partial charge in [-0.1, -0.05) is 53.2 Å². The number of benzene rings is 2. The van der Waals surface area contributed by atoms with Crippen LogP contribution in [-0.2, 0) is 0 Å². The molecule has 0 saturated heterocycles. The first-order valence-corrected chi connectivity index (χ1v) is 5.75. The zero-order valence-corrected chi connectivity index (χ0v) is 10.4. The van der Waals surface area contributed by atoms with E-state index in [1.807, 2.05) is 19.1 Å². The van der Waals surface area contributed by atoms with Gasteiger partial charge >= 0.3 is 5.97 Å². The largest absolute Gasteiger partial charge is 0.478 e. The van der Waals surface area contributed by atoms with Gasteiger partial charge in [-0.2, -0.15) is 0 Å². The van der Waals surface area contributed by atoms with Crippen LogP contribution >= 0.6 is 0 Å². The molecule has 0 atom stereocenters. The first-order chi connectivity index (χ1) is 9.13. The van der Waals surface area contributed by atoms with Crippen LogP contribution in [0.2, 0.25) is 0 Å². The molecule has 0 heterocycles. The number of oxime groups is 1. The number of hydrogen-bond donors (Lipinski definition) is 2. The van der Waals surface area contributed by atoms with E-state index in [1.165, 1.54) is 6.07 Å². The molecule has 4 heteroatoms. The zero-order chi connectivity index (χ0) is 13.8. The van der Waals surface area contributed by atoms with E-state index < -0.39 is 5.97 Å². The van der Waals surface area contributed by atoms with Gasteiger partial charge in [0, 0.05) is 11.1 Å². The maximum absolute atomic E-state index is 11.2. The van der Waals surface area contributed by atoms with Gasteiger partial charge in [-0.05, 0) is 13.0 Å². The van der Waals surface area contributed by atoms with Gasteiger partial charge in [0.15, 0.2) is 0 Å². The van der Waals surface area contributed by atoms with Crippen molar-refractivity contribution < 1.29 is 15.1 Å². The summed E-state index contributed by atoms with van der Waals surface area (Å²) >= 11 is 0. The number of carbonyl (C=O) groups is 1. The van der Waals surface area contributed by atoms with E-state index >= 15 is 0 Å². The Morgan fingerprint density at radius 2 is 1.58 bits per heavy atom. The van der Waals surface area contributed by atoms with E-state index in [0.29, 0.717) is 11.1 Å². The van der Waals surface area contributed by atoms with Crippen molar-refractivity contribution in [2.45, 2.75) is 6.92 Å². The average Bonchev–Trinajstić information content (AvgIpc) is 2.42. The smallest absolute Gasteiger partial charge is 0.336 e. The molecule has 0 amide bonds. The standard InChI is InChI=1S/C15H13NO3/c1-10-6-8-11(9-7-10)14(16-19)12-4-2-3-5-13(12)15(17)18/h2-9,19H,1H3,(H,17,18)/b16-14-. The summed E-state index contributed by atoms with van der Waals surface area (Å²) < 4.78 is 0. The van der Waals surface area contributed by atoms with E-state index in [1.54, 1.807) is 30.3 Å². The molecule has 4 nitrogen and oxygen atoms in total. The minimum atomic E-state index is -1.05. The summed E-state index contributed by atoms with van der Waals surface area (Å²) in [5, 5.41) is 21.6. The van der Waals surface area contributed by atoms with Gasteiger partial charge in [-0.25, -0.2) is 4.79 Å². The van der Waals surface area contributed by atoms with Gasteiger partial charge in [0.05, 0.1) is 5.56 Å². The summed E-state index contributed by atoms with van der Waals surface area (Å²) in [4.78, 5) is 11.2. The van der Waals surface area contributed by atoms with Crippen LogP contribution in [0.5, 0.6) is 0 Å². The Morgan fingerprint density at radius 1 is 1.00 bits per heavy atom. The molecule has 0 aliphatic heterocycles. The second kappa shape index (κ2) is 5.35. The molecule has 2 N–H and O–H groups in total. The summed E-state index contributed by atoms with van der Waals surface area (Å²) in [7, 11) is 0. The van der Waals surface area contributed by atoms with Crippen molar-refractivity contribution in [1.82, 2.24) is 0 Å². The van der Waals surface area contributed by atoms with Crippen LogP contribution < -0.4 is 0 Å². The van der Waals surface area contributed by atoms with Crippen LogP contribution in [-0.4, -0.2) is 22.0 Å². The lowest BCUT2D eigenvalue weighted by Gasteiger charge is -2.08. The molecule has 0 saturated carbocycles. The number of nitrogens with zero attached hydrogens (tertiary/aromatic N) is 1. The van der Waals surface area contributed by atoms with Crippen LogP contribution in [0.15, 0.2) is 53.7 Å². The molecule has 0 spiro atoms. The summed E-state index contributed by atoms with van der Waals surface area (Å²) in [5.74, 6) is -1.05. The molecule has 0 radical (unpaired) electrons. The molecule has 0 aromatic heterocycles.